The first-order valence-electron chi connectivity index (χ1n) is 10.9. The number of hydrogen-bond donors (Lipinski definition) is 0. The molecule has 0 aliphatic heterocycles. The third-order valence-electron chi connectivity index (χ3n) is 5.23. The molecule has 0 N–H and O–H groups in total. The quantitative estimate of drug-likeness (QED) is 0.175. The van der Waals surface area contributed by atoms with E-state index in [9.17, 15) is 0 Å². The van der Waals surface area contributed by atoms with Crippen molar-refractivity contribution in [3.63, 3.8) is 0 Å². The summed E-state index contributed by atoms with van der Waals surface area (Å²) in [6.07, 6.45) is 24.7. The van der Waals surface area contributed by atoms with E-state index in [-0.39, 0.29) is 0 Å². The maximum atomic E-state index is 3.91. The van der Waals surface area contributed by atoms with Crippen LogP contribution >= 0.6 is 0 Å². The summed E-state index contributed by atoms with van der Waals surface area (Å²) in [5, 5.41) is 0. The molecule has 0 aliphatic rings. The van der Waals surface area contributed by atoms with Crippen LogP contribution in [0, 0.1) is 31.6 Å². The Hall–Kier alpha value is -0.440. The fourth-order valence-corrected chi connectivity index (χ4v) is 3.49. The zero-order chi connectivity index (χ0) is 17.7. The lowest BCUT2D eigenvalue weighted by atomic mass is 9.92. The first-order valence-corrected chi connectivity index (χ1v) is 10.9. The molecule has 140 valence electrons. The van der Waals surface area contributed by atoms with E-state index < -0.39 is 0 Å². The van der Waals surface area contributed by atoms with Crippen LogP contribution < -0.4 is 0 Å². The first kappa shape index (κ1) is 23.6. The molecule has 0 spiro atoms. The van der Waals surface area contributed by atoms with Gasteiger partial charge in [-0.2, -0.15) is 0 Å². The minimum Gasteiger partial charge on any atom is -0.103 e. The van der Waals surface area contributed by atoms with Crippen molar-refractivity contribution in [3.05, 3.63) is 13.8 Å². The zero-order valence-corrected chi connectivity index (χ0v) is 16.7. The van der Waals surface area contributed by atoms with Crippen LogP contribution in [0.4, 0.5) is 0 Å². The molecule has 0 fully saturated rings. The smallest absolute Gasteiger partial charge is 0.0198 e. The molecule has 0 aromatic rings. The summed E-state index contributed by atoms with van der Waals surface area (Å²) in [6, 6.07) is 0. The van der Waals surface area contributed by atoms with E-state index in [2.05, 4.69) is 32.6 Å². The van der Waals surface area contributed by atoms with Gasteiger partial charge in [-0.05, 0) is 12.3 Å². The van der Waals surface area contributed by atoms with Crippen LogP contribution in [0.25, 0.3) is 0 Å². The Morgan fingerprint density at radius 2 is 1.12 bits per heavy atom. The Morgan fingerprint density at radius 3 is 1.58 bits per heavy atom. The number of unbranched alkanes of at least 4 members (excludes halogenated alkanes) is 13. The van der Waals surface area contributed by atoms with E-state index in [0.29, 0.717) is 0 Å². The molecular weight excluding hydrogens is 288 g/mol. The van der Waals surface area contributed by atoms with Crippen molar-refractivity contribution in [2.45, 2.75) is 122 Å². The molecule has 0 aromatic carbocycles. The summed E-state index contributed by atoms with van der Waals surface area (Å²) in [7, 11) is 0. The summed E-state index contributed by atoms with van der Waals surface area (Å²) < 4.78 is 0. The average Bonchev–Trinajstić information content (AvgIpc) is 2.60. The highest BCUT2D eigenvalue weighted by Crippen LogP contribution is 2.21. The third-order valence-corrected chi connectivity index (χ3v) is 5.23. The highest BCUT2D eigenvalue weighted by atomic mass is 14.1. The van der Waals surface area contributed by atoms with Gasteiger partial charge in [-0.3, -0.25) is 0 Å². The average molecular weight is 333 g/mol. The predicted molar refractivity (Wildman–Crippen MR) is 111 cm³/mol. The molecule has 24 heavy (non-hydrogen) atoms. The van der Waals surface area contributed by atoms with Crippen molar-refractivity contribution in [1.29, 1.82) is 0 Å². The highest BCUT2D eigenvalue weighted by molar-refractivity contribution is 5.00. The first-order chi connectivity index (χ1) is 11.8. The van der Waals surface area contributed by atoms with Crippen LogP contribution in [-0.2, 0) is 0 Å². The molecular formula is C24H44. The predicted octanol–water partition coefficient (Wildman–Crippen LogP) is 8.32. The summed E-state index contributed by atoms with van der Waals surface area (Å²) in [5.74, 6) is 6.77. The van der Waals surface area contributed by atoms with Crippen molar-refractivity contribution in [2.75, 3.05) is 0 Å². The van der Waals surface area contributed by atoms with Gasteiger partial charge in [0, 0.05) is 13.3 Å². The third kappa shape index (κ3) is 17.9. The fourth-order valence-electron chi connectivity index (χ4n) is 3.49. The minimum absolute atomic E-state index is 0.979. The molecule has 0 rings (SSSR count). The largest absolute Gasteiger partial charge is 0.103 e. The lowest BCUT2D eigenvalue weighted by Crippen LogP contribution is -1.99. The summed E-state index contributed by atoms with van der Waals surface area (Å²) in [6.45, 7) is 9.84. The summed E-state index contributed by atoms with van der Waals surface area (Å²) >= 11 is 0. The molecule has 1 unspecified atom stereocenters. The number of rotatable bonds is 18. The van der Waals surface area contributed by atoms with Crippen molar-refractivity contribution in [1.82, 2.24) is 0 Å². The SMILES string of the molecule is [CH2]C#CCCCCCCC(CC)CCCCCCCCCCC[CH2]. The van der Waals surface area contributed by atoms with Gasteiger partial charge in [0.25, 0.3) is 0 Å². The van der Waals surface area contributed by atoms with Crippen molar-refractivity contribution in [2.24, 2.45) is 5.92 Å². The van der Waals surface area contributed by atoms with Crippen LogP contribution in [-0.4, -0.2) is 0 Å². The Bertz CT molecular complexity index is 280. The van der Waals surface area contributed by atoms with Crippen molar-refractivity contribution >= 4 is 0 Å². The van der Waals surface area contributed by atoms with Crippen LogP contribution in [0.5, 0.6) is 0 Å². The Morgan fingerprint density at radius 1 is 0.667 bits per heavy atom. The zero-order valence-electron chi connectivity index (χ0n) is 16.7. The second kappa shape index (κ2) is 20.6. The molecule has 0 heteroatoms. The van der Waals surface area contributed by atoms with E-state index in [1.807, 2.05) is 0 Å². The van der Waals surface area contributed by atoms with E-state index in [1.165, 1.54) is 103 Å². The van der Waals surface area contributed by atoms with E-state index in [0.717, 1.165) is 18.8 Å². The lowest BCUT2D eigenvalue weighted by molar-refractivity contribution is 0.393. The van der Waals surface area contributed by atoms with E-state index in [4.69, 9.17) is 0 Å². The lowest BCUT2D eigenvalue weighted by Gasteiger charge is -2.14. The Balaban J connectivity index is 3.31. The van der Waals surface area contributed by atoms with Gasteiger partial charge in [-0.25, -0.2) is 0 Å². The van der Waals surface area contributed by atoms with Gasteiger partial charge in [-0.15, -0.1) is 11.8 Å². The molecule has 2 radical (unpaired) electrons. The van der Waals surface area contributed by atoms with Gasteiger partial charge >= 0.3 is 0 Å². The summed E-state index contributed by atoms with van der Waals surface area (Å²) in [5.41, 5.74) is 0. The monoisotopic (exact) mass is 332 g/mol. The van der Waals surface area contributed by atoms with Crippen LogP contribution in [0.1, 0.15) is 122 Å². The molecule has 0 aliphatic carbocycles. The number of hydrogen-bond acceptors (Lipinski definition) is 0. The molecule has 0 saturated heterocycles. The highest BCUT2D eigenvalue weighted by Gasteiger charge is 2.05. The standard InChI is InChI=1S/C24H44/c1-4-7-9-11-13-14-15-17-19-21-23-24(6-3)22-20-18-16-12-10-8-5-2/h24H,1-2,4,6-7,9-23H2,3H3. The van der Waals surface area contributed by atoms with Crippen molar-refractivity contribution in [3.8, 4) is 11.8 Å². The Kier molecular flexibility index (Phi) is 20.2. The maximum Gasteiger partial charge on any atom is 0.0198 e. The second-order valence-corrected chi connectivity index (χ2v) is 7.40. The maximum absolute atomic E-state index is 3.91. The molecule has 0 aromatic heterocycles. The van der Waals surface area contributed by atoms with Crippen molar-refractivity contribution < 1.29 is 0 Å². The second-order valence-electron chi connectivity index (χ2n) is 7.40. The van der Waals surface area contributed by atoms with Gasteiger partial charge in [0.1, 0.15) is 0 Å². The molecule has 0 amide bonds. The molecule has 0 bridgehead atoms. The molecule has 1 atom stereocenters. The topological polar surface area (TPSA) is 0 Å². The molecule has 0 nitrogen and oxygen atoms in total. The van der Waals surface area contributed by atoms with E-state index in [1.54, 1.807) is 0 Å². The van der Waals surface area contributed by atoms with E-state index >= 15 is 0 Å². The summed E-state index contributed by atoms with van der Waals surface area (Å²) in [4.78, 5) is 0. The van der Waals surface area contributed by atoms with Gasteiger partial charge in [0.15, 0.2) is 0 Å². The molecule has 0 heterocycles. The fraction of sp³-hybridized carbons (Fsp3) is 0.833. The van der Waals surface area contributed by atoms with Crippen LogP contribution in [0.2, 0.25) is 0 Å². The normalized spacial score (nSPS) is 12.0. The van der Waals surface area contributed by atoms with Gasteiger partial charge in [0.2, 0.25) is 0 Å². The van der Waals surface area contributed by atoms with Gasteiger partial charge in [-0.1, -0.05) is 117 Å². The van der Waals surface area contributed by atoms with Crippen LogP contribution in [0.15, 0.2) is 0 Å². The van der Waals surface area contributed by atoms with Gasteiger partial charge < -0.3 is 0 Å². The Labute approximate surface area is 154 Å². The minimum atomic E-state index is 0.979. The van der Waals surface area contributed by atoms with Crippen LogP contribution in [0.3, 0.4) is 0 Å². The van der Waals surface area contributed by atoms with Gasteiger partial charge in [0.05, 0.1) is 0 Å². The molecule has 0 saturated carbocycles.